The van der Waals surface area contributed by atoms with Gasteiger partial charge in [-0.15, -0.1) is 0 Å². The molecule has 0 saturated heterocycles. The monoisotopic (exact) mass is 277 g/mol. The van der Waals surface area contributed by atoms with Crippen LogP contribution in [-0.4, -0.2) is 5.91 Å². The van der Waals surface area contributed by atoms with Crippen LogP contribution in [0.1, 0.15) is 11.1 Å². The molecule has 3 rings (SSSR count). The maximum atomic E-state index is 12.8. The Morgan fingerprint density at radius 2 is 1.75 bits per heavy atom. The number of rotatable bonds is 0. The second kappa shape index (κ2) is 4.37. The SMILES string of the molecule is O=C1Cc2ccc(C(F)(F)F)cc2-c2ccccc2N1. The third-order valence-corrected chi connectivity index (χ3v) is 3.28. The topological polar surface area (TPSA) is 29.1 Å². The molecule has 0 unspecified atom stereocenters. The van der Waals surface area contributed by atoms with Gasteiger partial charge in [-0.3, -0.25) is 4.79 Å². The molecule has 5 heteroatoms. The van der Waals surface area contributed by atoms with Gasteiger partial charge in [-0.2, -0.15) is 13.2 Å². The second-order valence-corrected chi connectivity index (χ2v) is 4.64. The minimum absolute atomic E-state index is 0.0716. The van der Waals surface area contributed by atoms with Gasteiger partial charge in [-0.1, -0.05) is 24.3 Å². The van der Waals surface area contributed by atoms with Crippen LogP contribution in [0.15, 0.2) is 42.5 Å². The van der Waals surface area contributed by atoms with Crippen molar-refractivity contribution in [1.29, 1.82) is 0 Å². The van der Waals surface area contributed by atoms with Crippen molar-refractivity contribution < 1.29 is 18.0 Å². The van der Waals surface area contributed by atoms with Crippen LogP contribution < -0.4 is 5.32 Å². The molecule has 0 fully saturated rings. The predicted molar refractivity (Wildman–Crippen MR) is 69.2 cm³/mol. The molecule has 1 aliphatic rings. The molecule has 2 aromatic carbocycles. The van der Waals surface area contributed by atoms with Crippen molar-refractivity contribution in [3.63, 3.8) is 0 Å². The molecule has 0 radical (unpaired) electrons. The first-order chi connectivity index (χ1) is 9.45. The van der Waals surface area contributed by atoms with E-state index in [-0.39, 0.29) is 12.3 Å². The molecule has 0 saturated carbocycles. The summed E-state index contributed by atoms with van der Waals surface area (Å²) in [6, 6.07) is 10.4. The highest BCUT2D eigenvalue weighted by molar-refractivity contribution is 6.00. The Labute approximate surface area is 113 Å². The minimum atomic E-state index is -4.40. The number of halogens is 3. The highest BCUT2D eigenvalue weighted by Gasteiger charge is 2.32. The van der Waals surface area contributed by atoms with Gasteiger partial charge in [0.25, 0.3) is 0 Å². The lowest BCUT2D eigenvalue weighted by Gasteiger charge is -2.12. The van der Waals surface area contributed by atoms with Gasteiger partial charge in [0.15, 0.2) is 0 Å². The van der Waals surface area contributed by atoms with Crippen molar-refractivity contribution in [1.82, 2.24) is 0 Å². The van der Waals surface area contributed by atoms with E-state index in [0.717, 1.165) is 12.1 Å². The van der Waals surface area contributed by atoms with Gasteiger partial charge in [0.2, 0.25) is 5.91 Å². The van der Waals surface area contributed by atoms with Crippen LogP contribution in [-0.2, 0) is 17.4 Å². The lowest BCUT2D eigenvalue weighted by molar-refractivity contribution is -0.137. The van der Waals surface area contributed by atoms with Crippen molar-refractivity contribution in [2.24, 2.45) is 0 Å². The lowest BCUT2D eigenvalue weighted by Crippen LogP contribution is -2.12. The average Bonchev–Trinajstić information content (AvgIpc) is 2.52. The zero-order valence-corrected chi connectivity index (χ0v) is 10.3. The summed E-state index contributed by atoms with van der Waals surface area (Å²) in [5, 5.41) is 2.71. The Balaban J connectivity index is 2.25. The fourth-order valence-corrected chi connectivity index (χ4v) is 2.35. The molecule has 2 nitrogen and oxygen atoms in total. The number of alkyl halides is 3. The molecule has 2 aromatic rings. The molecule has 0 aliphatic carbocycles. The number of para-hydroxylation sites is 1. The second-order valence-electron chi connectivity index (χ2n) is 4.64. The maximum Gasteiger partial charge on any atom is 0.416 e. The normalized spacial score (nSPS) is 14.1. The van der Waals surface area contributed by atoms with Gasteiger partial charge in [-0.25, -0.2) is 0 Å². The van der Waals surface area contributed by atoms with Crippen molar-refractivity contribution in [2.75, 3.05) is 5.32 Å². The Morgan fingerprint density at radius 1 is 1.00 bits per heavy atom. The summed E-state index contributed by atoms with van der Waals surface area (Å²) >= 11 is 0. The van der Waals surface area contributed by atoms with Crippen LogP contribution in [0.3, 0.4) is 0 Å². The molecule has 0 aromatic heterocycles. The van der Waals surface area contributed by atoms with E-state index in [1.165, 1.54) is 6.07 Å². The van der Waals surface area contributed by atoms with E-state index in [0.29, 0.717) is 22.4 Å². The first kappa shape index (κ1) is 12.7. The van der Waals surface area contributed by atoms with E-state index < -0.39 is 11.7 Å². The van der Waals surface area contributed by atoms with Gasteiger partial charge in [0, 0.05) is 11.3 Å². The number of benzene rings is 2. The van der Waals surface area contributed by atoms with E-state index in [1.807, 2.05) is 0 Å². The zero-order valence-electron chi connectivity index (χ0n) is 10.3. The molecule has 102 valence electrons. The highest BCUT2D eigenvalue weighted by atomic mass is 19.4. The van der Waals surface area contributed by atoms with Crippen molar-refractivity contribution in [2.45, 2.75) is 12.6 Å². The fraction of sp³-hybridized carbons (Fsp3) is 0.133. The Bertz CT molecular complexity index is 692. The summed E-state index contributed by atoms with van der Waals surface area (Å²) in [6.45, 7) is 0. The number of hydrogen-bond donors (Lipinski definition) is 1. The molecule has 20 heavy (non-hydrogen) atoms. The first-order valence-corrected chi connectivity index (χ1v) is 6.04. The summed E-state index contributed by atoms with van der Waals surface area (Å²) in [5.74, 6) is -0.226. The number of carbonyl (C=O) groups excluding carboxylic acids is 1. The molecule has 1 amide bonds. The van der Waals surface area contributed by atoms with Gasteiger partial charge in [0.1, 0.15) is 0 Å². The number of hydrogen-bond acceptors (Lipinski definition) is 1. The van der Waals surface area contributed by atoms with E-state index in [9.17, 15) is 18.0 Å². The first-order valence-electron chi connectivity index (χ1n) is 6.04. The maximum absolute atomic E-state index is 12.8. The summed E-state index contributed by atoms with van der Waals surface area (Å²) < 4.78 is 38.5. The molecule has 0 spiro atoms. The summed E-state index contributed by atoms with van der Waals surface area (Å²) in [4.78, 5) is 11.8. The third-order valence-electron chi connectivity index (χ3n) is 3.28. The fourth-order valence-electron chi connectivity index (χ4n) is 2.35. The lowest BCUT2D eigenvalue weighted by atomic mass is 9.95. The van der Waals surface area contributed by atoms with Gasteiger partial charge in [-0.05, 0) is 29.3 Å². The molecule has 1 aliphatic heterocycles. The smallest absolute Gasteiger partial charge is 0.325 e. The van der Waals surface area contributed by atoms with Crippen molar-refractivity contribution in [3.8, 4) is 11.1 Å². The number of carbonyl (C=O) groups is 1. The van der Waals surface area contributed by atoms with Crippen molar-refractivity contribution in [3.05, 3.63) is 53.6 Å². The van der Waals surface area contributed by atoms with Crippen LogP contribution in [0.4, 0.5) is 18.9 Å². The van der Waals surface area contributed by atoms with Crippen LogP contribution in [0, 0.1) is 0 Å². The van der Waals surface area contributed by atoms with E-state index in [2.05, 4.69) is 5.32 Å². The largest absolute Gasteiger partial charge is 0.416 e. The predicted octanol–water partition coefficient (Wildman–Crippen LogP) is 3.87. The van der Waals surface area contributed by atoms with Crippen molar-refractivity contribution >= 4 is 11.6 Å². The quantitative estimate of drug-likeness (QED) is 0.778. The Hall–Kier alpha value is -2.30. The summed E-state index contributed by atoms with van der Waals surface area (Å²) in [5.41, 5.74) is 1.49. The van der Waals surface area contributed by atoms with Gasteiger partial charge < -0.3 is 5.32 Å². The average molecular weight is 277 g/mol. The molecule has 0 bridgehead atoms. The summed E-state index contributed by atoms with van der Waals surface area (Å²) in [7, 11) is 0. The van der Waals surface area contributed by atoms with Gasteiger partial charge in [0.05, 0.1) is 12.0 Å². The molecule has 0 atom stereocenters. The molecule has 1 N–H and O–H groups in total. The molecular weight excluding hydrogens is 267 g/mol. The van der Waals surface area contributed by atoms with Crippen LogP contribution in [0.25, 0.3) is 11.1 Å². The third kappa shape index (κ3) is 2.15. The number of anilines is 1. The van der Waals surface area contributed by atoms with Crippen LogP contribution in [0.2, 0.25) is 0 Å². The number of fused-ring (bicyclic) bond motifs is 3. The Morgan fingerprint density at radius 3 is 2.50 bits per heavy atom. The van der Waals surface area contributed by atoms with E-state index >= 15 is 0 Å². The minimum Gasteiger partial charge on any atom is -0.325 e. The van der Waals surface area contributed by atoms with Crippen LogP contribution in [0.5, 0.6) is 0 Å². The van der Waals surface area contributed by atoms with Gasteiger partial charge >= 0.3 is 6.18 Å². The zero-order chi connectivity index (χ0) is 14.3. The van der Waals surface area contributed by atoms with Crippen LogP contribution >= 0.6 is 0 Å². The summed E-state index contributed by atoms with van der Waals surface area (Å²) in [6.07, 6.45) is -4.32. The standard InChI is InChI=1S/C15H10F3NO/c16-15(17,18)10-6-5-9-7-14(20)19-13-4-2-1-3-11(13)12(9)8-10/h1-6,8H,7H2,(H,19,20). The molecule has 1 heterocycles. The van der Waals surface area contributed by atoms with E-state index in [4.69, 9.17) is 0 Å². The Kier molecular flexibility index (Phi) is 2.78. The number of amides is 1. The van der Waals surface area contributed by atoms with E-state index in [1.54, 1.807) is 24.3 Å². The highest BCUT2D eigenvalue weighted by Crippen LogP contribution is 2.38. The number of nitrogens with one attached hydrogen (secondary N) is 1. The molecular formula is C15H10F3NO.